The summed E-state index contributed by atoms with van der Waals surface area (Å²) in [7, 11) is 2.24. The highest BCUT2D eigenvalue weighted by Crippen LogP contribution is 2.32. The van der Waals surface area contributed by atoms with Gasteiger partial charge < -0.3 is 14.4 Å². The summed E-state index contributed by atoms with van der Waals surface area (Å²) in [5.41, 5.74) is 1.33. The third kappa shape index (κ3) is 5.83. The van der Waals surface area contributed by atoms with Crippen molar-refractivity contribution in [2.24, 2.45) is 0 Å². The number of ether oxygens (including phenoxy) is 2. The van der Waals surface area contributed by atoms with Crippen LogP contribution in [0.3, 0.4) is 0 Å². The third-order valence-corrected chi connectivity index (χ3v) is 5.37. The van der Waals surface area contributed by atoms with Gasteiger partial charge in [-0.1, -0.05) is 37.6 Å². The van der Waals surface area contributed by atoms with E-state index < -0.39 is 0 Å². The fourth-order valence-electron chi connectivity index (χ4n) is 3.69. The molecule has 1 aliphatic rings. The molecule has 0 bridgehead atoms. The fraction of sp³-hybridized carbons (Fsp3) is 0.458. The molecule has 2 aromatic carbocycles. The van der Waals surface area contributed by atoms with Crippen molar-refractivity contribution in [3.8, 4) is 17.2 Å². The zero-order valence-corrected chi connectivity index (χ0v) is 17.0. The van der Waals surface area contributed by atoms with Gasteiger partial charge in [-0.2, -0.15) is 0 Å². The minimum absolute atomic E-state index is 0.235. The van der Waals surface area contributed by atoms with E-state index in [9.17, 15) is 4.79 Å². The molecule has 1 fully saturated rings. The Kier molecular flexibility index (Phi) is 7.49. The van der Waals surface area contributed by atoms with Crippen molar-refractivity contribution < 1.29 is 14.3 Å². The third-order valence-electron chi connectivity index (χ3n) is 5.37. The van der Waals surface area contributed by atoms with Crippen molar-refractivity contribution in [1.29, 1.82) is 0 Å². The molecule has 1 unspecified atom stereocenters. The quantitative estimate of drug-likeness (QED) is 0.441. The van der Waals surface area contributed by atoms with Gasteiger partial charge >= 0.3 is 5.97 Å². The monoisotopic (exact) mass is 381 g/mol. The lowest BCUT2D eigenvalue weighted by atomic mass is 9.96. The number of nitrogens with zero attached hydrogens (tertiary/aromatic N) is 1. The zero-order valence-electron chi connectivity index (χ0n) is 17.0. The van der Waals surface area contributed by atoms with E-state index in [0.717, 1.165) is 18.6 Å². The number of likely N-dealkylation sites (tertiary alicyclic amines) is 1. The average molecular weight is 382 g/mol. The summed E-state index contributed by atoms with van der Waals surface area (Å²) in [5, 5.41) is 0. The molecule has 1 atom stereocenters. The van der Waals surface area contributed by atoms with Crippen LogP contribution in [0.2, 0.25) is 0 Å². The predicted octanol–water partition coefficient (Wildman–Crippen LogP) is 5.60. The van der Waals surface area contributed by atoms with Gasteiger partial charge in [0.2, 0.25) is 0 Å². The highest BCUT2D eigenvalue weighted by molar-refractivity contribution is 5.73. The Hall–Kier alpha value is -2.33. The van der Waals surface area contributed by atoms with Crippen LogP contribution in [-0.4, -0.2) is 30.5 Å². The van der Waals surface area contributed by atoms with E-state index in [4.69, 9.17) is 9.47 Å². The van der Waals surface area contributed by atoms with E-state index in [2.05, 4.69) is 24.1 Å². The number of carbonyl (C=O) groups excluding carboxylic acids is 1. The van der Waals surface area contributed by atoms with Crippen LogP contribution in [0.25, 0.3) is 0 Å². The standard InChI is InChI=1S/C24H31NO3/c1-3-8-24(26)28-23-11-5-4-10-22(23)27-21-16-13-19(14-17-21)12-15-20-9-6-7-18-25(20)2/h4-5,10-11,13-14,16-17,20H,3,6-9,12,15,18H2,1-2H3. The second kappa shape index (κ2) is 10.3. The smallest absolute Gasteiger partial charge is 0.311 e. The van der Waals surface area contributed by atoms with Crippen LogP contribution in [-0.2, 0) is 11.2 Å². The van der Waals surface area contributed by atoms with E-state index in [1.54, 1.807) is 6.07 Å². The molecule has 4 nitrogen and oxygen atoms in total. The molecule has 3 rings (SSSR count). The lowest BCUT2D eigenvalue weighted by molar-refractivity contribution is -0.134. The topological polar surface area (TPSA) is 38.8 Å². The SMILES string of the molecule is CCCC(=O)Oc1ccccc1Oc1ccc(CCC2CCCCN2C)cc1. The summed E-state index contributed by atoms with van der Waals surface area (Å²) in [5.74, 6) is 1.54. The Morgan fingerprint density at radius 2 is 1.82 bits per heavy atom. The van der Waals surface area contributed by atoms with Gasteiger partial charge in [0, 0.05) is 12.5 Å². The molecule has 1 heterocycles. The van der Waals surface area contributed by atoms with Crippen molar-refractivity contribution in [3.05, 3.63) is 54.1 Å². The number of hydrogen-bond acceptors (Lipinski definition) is 4. The van der Waals surface area contributed by atoms with Crippen LogP contribution in [0.1, 0.15) is 51.0 Å². The van der Waals surface area contributed by atoms with Gasteiger partial charge in [0.25, 0.3) is 0 Å². The molecular weight excluding hydrogens is 350 g/mol. The number of hydrogen-bond donors (Lipinski definition) is 0. The van der Waals surface area contributed by atoms with Gasteiger partial charge in [-0.05, 0) is 75.5 Å². The summed E-state index contributed by atoms with van der Waals surface area (Å²) in [6.07, 6.45) is 7.44. The predicted molar refractivity (Wildman–Crippen MR) is 112 cm³/mol. The molecule has 1 saturated heterocycles. The second-order valence-corrected chi connectivity index (χ2v) is 7.59. The first kappa shape index (κ1) is 20.4. The first-order valence-electron chi connectivity index (χ1n) is 10.4. The molecule has 0 radical (unpaired) electrons. The number of piperidine rings is 1. The molecular formula is C24H31NO3. The zero-order chi connectivity index (χ0) is 19.8. The van der Waals surface area contributed by atoms with Crippen LogP contribution in [0.4, 0.5) is 0 Å². The van der Waals surface area contributed by atoms with E-state index >= 15 is 0 Å². The molecule has 0 aliphatic carbocycles. The molecule has 0 spiro atoms. The minimum atomic E-state index is -0.235. The maximum absolute atomic E-state index is 11.8. The number of para-hydroxylation sites is 2. The van der Waals surface area contributed by atoms with Gasteiger partial charge in [-0.3, -0.25) is 4.79 Å². The van der Waals surface area contributed by atoms with E-state index in [1.807, 2.05) is 37.3 Å². The Morgan fingerprint density at radius 1 is 1.07 bits per heavy atom. The Morgan fingerprint density at radius 3 is 2.54 bits per heavy atom. The van der Waals surface area contributed by atoms with E-state index in [0.29, 0.717) is 24.0 Å². The molecule has 0 aromatic heterocycles. The number of aryl methyl sites for hydroxylation is 1. The van der Waals surface area contributed by atoms with Crippen LogP contribution >= 0.6 is 0 Å². The molecule has 150 valence electrons. The van der Waals surface area contributed by atoms with Crippen molar-refractivity contribution in [1.82, 2.24) is 4.90 Å². The van der Waals surface area contributed by atoms with Gasteiger partial charge in [-0.15, -0.1) is 0 Å². The normalized spacial score (nSPS) is 17.3. The maximum atomic E-state index is 11.8. The Bertz CT molecular complexity index is 757. The summed E-state index contributed by atoms with van der Waals surface area (Å²) < 4.78 is 11.4. The molecule has 0 amide bonds. The van der Waals surface area contributed by atoms with Gasteiger partial charge in [0.15, 0.2) is 11.5 Å². The number of carbonyl (C=O) groups is 1. The van der Waals surface area contributed by atoms with Gasteiger partial charge in [-0.25, -0.2) is 0 Å². The van der Waals surface area contributed by atoms with Crippen molar-refractivity contribution in [2.75, 3.05) is 13.6 Å². The van der Waals surface area contributed by atoms with E-state index in [1.165, 1.54) is 37.8 Å². The lowest BCUT2D eigenvalue weighted by Gasteiger charge is -2.32. The summed E-state index contributed by atoms with van der Waals surface area (Å²) in [4.78, 5) is 14.3. The minimum Gasteiger partial charge on any atom is -0.453 e. The summed E-state index contributed by atoms with van der Waals surface area (Å²) in [6.45, 7) is 3.18. The first-order valence-corrected chi connectivity index (χ1v) is 10.4. The van der Waals surface area contributed by atoms with Crippen LogP contribution < -0.4 is 9.47 Å². The van der Waals surface area contributed by atoms with Gasteiger partial charge in [0.1, 0.15) is 5.75 Å². The number of benzene rings is 2. The van der Waals surface area contributed by atoms with Crippen LogP contribution in [0.5, 0.6) is 17.2 Å². The highest BCUT2D eigenvalue weighted by Gasteiger charge is 2.18. The largest absolute Gasteiger partial charge is 0.453 e. The maximum Gasteiger partial charge on any atom is 0.311 e. The van der Waals surface area contributed by atoms with Crippen LogP contribution in [0.15, 0.2) is 48.5 Å². The van der Waals surface area contributed by atoms with Crippen LogP contribution in [0, 0.1) is 0 Å². The summed E-state index contributed by atoms with van der Waals surface area (Å²) in [6, 6.07) is 16.2. The molecule has 28 heavy (non-hydrogen) atoms. The van der Waals surface area contributed by atoms with Crippen molar-refractivity contribution in [2.45, 2.75) is 57.9 Å². The highest BCUT2D eigenvalue weighted by atomic mass is 16.6. The lowest BCUT2D eigenvalue weighted by Crippen LogP contribution is -2.36. The Labute approximate surface area is 168 Å². The van der Waals surface area contributed by atoms with Crippen molar-refractivity contribution >= 4 is 5.97 Å². The average Bonchev–Trinajstić information content (AvgIpc) is 2.70. The molecule has 1 aliphatic heterocycles. The molecule has 2 aromatic rings. The number of esters is 1. The van der Waals surface area contributed by atoms with Gasteiger partial charge in [0.05, 0.1) is 0 Å². The Balaban J connectivity index is 1.58. The second-order valence-electron chi connectivity index (χ2n) is 7.59. The fourth-order valence-corrected chi connectivity index (χ4v) is 3.69. The van der Waals surface area contributed by atoms with Crippen molar-refractivity contribution in [3.63, 3.8) is 0 Å². The van der Waals surface area contributed by atoms with E-state index in [-0.39, 0.29) is 5.97 Å². The number of rotatable bonds is 8. The first-order chi connectivity index (χ1) is 13.7. The molecule has 0 N–H and O–H groups in total. The molecule has 0 saturated carbocycles. The summed E-state index contributed by atoms with van der Waals surface area (Å²) >= 11 is 0. The molecule has 4 heteroatoms.